The van der Waals surface area contributed by atoms with Crippen LogP contribution in [0, 0.1) is 0 Å². The predicted molar refractivity (Wildman–Crippen MR) is 83.8 cm³/mol. The van der Waals surface area contributed by atoms with E-state index in [1.165, 1.54) is 37.4 Å². The Balaban J connectivity index is 2.30. The molecule has 116 valence electrons. The zero-order valence-electron chi connectivity index (χ0n) is 11.5. The lowest BCUT2D eigenvalue weighted by Crippen LogP contribution is -2.15. The first kappa shape index (κ1) is 16.3. The van der Waals surface area contributed by atoms with Crippen LogP contribution in [0.1, 0.15) is 10.4 Å². The van der Waals surface area contributed by atoms with Crippen molar-refractivity contribution in [3.63, 3.8) is 0 Å². The molecule has 2 aromatic carbocycles. The van der Waals surface area contributed by atoms with Gasteiger partial charge in [-0.05, 0) is 36.4 Å². The standard InChI is InChI=1S/C14H13ClN2O4S/c1-21-13-7-9(15)5-6-12(13)14(18)17-10-3-2-4-11(8-10)22(16,19)20/h2-8H,1H3,(H,17,18)(H2,16,19,20). The van der Waals surface area contributed by atoms with Gasteiger partial charge < -0.3 is 10.1 Å². The van der Waals surface area contributed by atoms with Gasteiger partial charge in [-0.25, -0.2) is 13.6 Å². The predicted octanol–water partition coefficient (Wildman–Crippen LogP) is 2.25. The summed E-state index contributed by atoms with van der Waals surface area (Å²) in [5, 5.41) is 8.07. The number of halogens is 1. The first-order valence-electron chi connectivity index (χ1n) is 6.09. The van der Waals surface area contributed by atoms with E-state index in [1.807, 2.05) is 0 Å². The second kappa shape index (κ2) is 6.35. The maximum Gasteiger partial charge on any atom is 0.259 e. The fraction of sp³-hybridized carbons (Fsp3) is 0.0714. The number of methoxy groups -OCH3 is 1. The summed E-state index contributed by atoms with van der Waals surface area (Å²) in [5.41, 5.74) is 0.571. The van der Waals surface area contributed by atoms with Crippen LogP contribution in [0.5, 0.6) is 5.75 Å². The highest BCUT2D eigenvalue weighted by Gasteiger charge is 2.14. The number of anilines is 1. The number of hydrogen-bond acceptors (Lipinski definition) is 4. The number of amides is 1. The second-order valence-electron chi connectivity index (χ2n) is 4.37. The molecular formula is C14H13ClN2O4S. The molecule has 0 aliphatic rings. The van der Waals surface area contributed by atoms with Crippen LogP contribution in [0.3, 0.4) is 0 Å². The fourth-order valence-corrected chi connectivity index (χ4v) is 2.52. The molecule has 2 rings (SSSR count). The first-order valence-corrected chi connectivity index (χ1v) is 8.01. The molecule has 22 heavy (non-hydrogen) atoms. The van der Waals surface area contributed by atoms with E-state index < -0.39 is 15.9 Å². The van der Waals surface area contributed by atoms with E-state index in [1.54, 1.807) is 12.1 Å². The zero-order chi connectivity index (χ0) is 16.3. The molecule has 0 aliphatic carbocycles. The molecule has 0 aliphatic heterocycles. The monoisotopic (exact) mass is 340 g/mol. The fourth-order valence-electron chi connectivity index (χ4n) is 1.80. The van der Waals surface area contributed by atoms with Crippen LogP contribution in [-0.4, -0.2) is 21.4 Å². The largest absolute Gasteiger partial charge is 0.496 e. The molecule has 2 aromatic rings. The molecule has 0 unspecified atom stereocenters. The van der Waals surface area contributed by atoms with Crippen LogP contribution in [0.4, 0.5) is 5.69 Å². The third-order valence-electron chi connectivity index (χ3n) is 2.83. The minimum atomic E-state index is -3.84. The number of primary sulfonamides is 1. The Bertz CT molecular complexity index is 821. The lowest BCUT2D eigenvalue weighted by Gasteiger charge is -2.10. The number of hydrogen-bond donors (Lipinski definition) is 2. The summed E-state index contributed by atoms with van der Waals surface area (Å²) >= 11 is 5.84. The molecule has 0 bridgehead atoms. The maximum atomic E-state index is 12.3. The summed E-state index contributed by atoms with van der Waals surface area (Å²) in [6.07, 6.45) is 0. The van der Waals surface area contributed by atoms with Gasteiger partial charge in [0.2, 0.25) is 10.0 Å². The smallest absolute Gasteiger partial charge is 0.259 e. The lowest BCUT2D eigenvalue weighted by molar-refractivity contribution is 0.102. The van der Waals surface area contributed by atoms with Gasteiger partial charge in [0.15, 0.2) is 0 Å². The Hall–Kier alpha value is -2.09. The topological polar surface area (TPSA) is 98.5 Å². The van der Waals surface area contributed by atoms with Gasteiger partial charge in [0.05, 0.1) is 17.6 Å². The molecule has 6 nitrogen and oxygen atoms in total. The summed E-state index contributed by atoms with van der Waals surface area (Å²) in [5.74, 6) is -0.146. The van der Waals surface area contributed by atoms with E-state index in [2.05, 4.69) is 5.32 Å². The van der Waals surface area contributed by atoms with Gasteiger partial charge >= 0.3 is 0 Å². The van der Waals surface area contributed by atoms with E-state index >= 15 is 0 Å². The summed E-state index contributed by atoms with van der Waals surface area (Å²) in [4.78, 5) is 12.2. The number of nitrogens with one attached hydrogen (secondary N) is 1. The number of nitrogens with two attached hydrogens (primary N) is 1. The number of benzene rings is 2. The Morgan fingerprint density at radius 3 is 2.59 bits per heavy atom. The normalized spacial score (nSPS) is 11.0. The molecular weight excluding hydrogens is 328 g/mol. The lowest BCUT2D eigenvalue weighted by atomic mass is 10.2. The van der Waals surface area contributed by atoms with E-state index in [0.29, 0.717) is 16.5 Å². The molecule has 0 saturated heterocycles. The van der Waals surface area contributed by atoms with Gasteiger partial charge in [-0.3, -0.25) is 4.79 Å². The van der Waals surface area contributed by atoms with Crippen LogP contribution in [0.15, 0.2) is 47.4 Å². The van der Waals surface area contributed by atoms with E-state index in [4.69, 9.17) is 21.5 Å². The molecule has 0 saturated carbocycles. The summed E-state index contributed by atoms with van der Waals surface area (Å²) in [7, 11) is -2.42. The maximum absolute atomic E-state index is 12.3. The molecule has 0 aromatic heterocycles. The van der Waals surface area contributed by atoms with Gasteiger partial charge in [-0.1, -0.05) is 17.7 Å². The zero-order valence-corrected chi connectivity index (χ0v) is 13.1. The van der Waals surface area contributed by atoms with Gasteiger partial charge in [0.25, 0.3) is 5.91 Å². The number of carbonyl (C=O) groups is 1. The molecule has 3 N–H and O–H groups in total. The van der Waals surface area contributed by atoms with Gasteiger partial charge in [0.1, 0.15) is 5.75 Å². The van der Waals surface area contributed by atoms with Crippen molar-refractivity contribution in [2.75, 3.05) is 12.4 Å². The van der Waals surface area contributed by atoms with Crippen molar-refractivity contribution >= 4 is 33.2 Å². The molecule has 0 radical (unpaired) electrons. The van der Waals surface area contributed by atoms with Crippen molar-refractivity contribution < 1.29 is 17.9 Å². The van der Waals surface area contributed by atoms with Crippen molar-refractivity contribution in [2.45, 2.75) is 4.90 Å². The number of sulfonamides is 1. The van der Waals surface area contributed by atoms with Gasteiger partial charge in [0, 0.05) is 10.7 Å². The number of ether oxygens (including phenoxy) is 1. The molecule has 0 heterocycles. The molecule has 0 fully saturated rings. The molecule has 0 spiro atoms. The third kappa shape index (κ3) is 3.76. The van der Waals surface area contributed by atoms with Crippen LogP contribution < -0.4 is 15.2 Å². The van der Waals surface area contributed by atoms with Crippen LogP contribution in [0.25, 0.3) is 0 Å². The van der Waals surface area contributed by atoms with E-state index in [0.717, 1.165) is 0 Å². The van der Waals surface area contributed by atoms with Crippen molar-refractivity contribution in [1.29, 1.82) is 0 Å². The highest BCUT2D eigenvalue weighted by Crippen LogP contribution is 2.24. The minimum Gasteiger partial charge on any atom is -0.496 e. The van der Waals surface area contributed by atoms with Crippen molar-refractivity contribution in [3.8, 4) is 5.75 Å². The first-order chi connectivity index (χ1) is 10.3. The third-order valence-corrected chi connectivity index (χ3v) is 3.97. The summed E-state index contributed by atoms with van der Waals surface area (Å²) < 4.78 is 27.7. The molecule has 1 amide bonds. The van der Waals surface area contributed by atoms with Gasteiger partial charge in [-0.2, -0.15) is 0 Å². The van der Waals surface area contributed by atoms with Crippen LogP contribution >= 0.6 is 11.6 Å². The Labute approximate surface area is 132 Å². The summed E-state index contributed by atoms with van der Waals surface area (Å²) in [6.45, 7) is 0. The van der Waals surface area contributed by atoms with Gasteiger partial charge in [-0.15, -0.1) is 0 Å². The number of carbonyl (C=O) groups excluding carboxylic acids is 1. The quantitative estimate of drug-likeness (QED) is 0.891. The average molecular weight is 341 g/mol. The molecule has 0 atom stereocenters. The van der Waals surface area contributed by atoms with E-state index in [9.17, 15) is 13.2 Å². The van der Waals surface area contributed by atoms with Crippen LogP contribution in [-0.2, 0) is 10.0 Å². The minimum absolute atomic E-state index is 0.0895. The van der Waals surface area contributed by atoms with Crippen LogP contribution in [0.2, 0.25) is 5.02 Å². The molecule has 8 heteroatoms. The Kier molecular flexibility index (Phi) is 4.70. The van der Waals surface area contributed by atoms with Crippen molar-refractivity contribution in [3.05, 3.63) is 53.1 Å². The Morgan fingerprint density at radius 1 is 1.23 bits per heavy atom. The summed E-state index contributed by atoms with van der Waals surface area (Å²) in [6, 6.07) is 10.2. The Morgan fingerprint density at radius 2 is 1.95 bits per heavy atom. The highest BCUT2D eigenvalue weighted by molar-refractivity contribution is 7.89. The van der Waals surface area contributed by atoms with E-state index in [-0.39, 0.29) is 10.5 Å². The van der Waals surface area contributed by atoms with Crippen molar-refractivity contribution in [2.24, 2.45) is 5.14 Å². The highest BCUT2D eigenvalue weighted by atomic mass is 35.5. The average Bonchev–Trinajstić information content (AvgIpc) is 2.46. The van der Waals surface area contributed by atoms with Crippen molar-refractivity contribution in [1.82, 2.24) is 0 Å². The SMILES string of the molecule is COc1cc(Cl)ccc1C(=O)Nc1cccc(S(N)(=O)=O)c1. The second-order valence-corrected chi connectivity index (χ2v) is 6.37. The number of rotatable bonds is 4.